The second-order valence-corrected chi connectivity index (χ2v) is 10.4. The first-order valence-electron chi connectivity index (χ1n) is 9.63. The van der Waals surface area contributed by atoms with Crippen molar-refractivity contribution in [2.24, 2.45) is 0 Å². The van der Waals surface area contributed by atoms with E-state index in [-0.39, 0.29) is 10.3 Å². The summed E-state index contributed by atoms with van der Waals surface area (Å²) in [6.45, 7) is 0. The first-order valence-corrected chi connectivity index (χ1v) is 12.0. The second-order valence-electron chi connectivity index (χ2n) is 7.50. The van der Waals surface area contributed by atoms with Gasteiger partial charge in [0.1, 0.15) is 4.21 Å². The molecule has 1 atom stereocenters. The lowest BCUT2D eigenvalue weighted by Gasteiger charge is -2.25. The highest BCUT2D eigenvalue weighted by Crippen LogP contribution is 2.37. The van der Waals surface area contributed by atoms with Crippen molar-refractivity contribution in [2.75, 3.05) is 0 Å². The Balaban J connectivity index is 1.37. The molecule has 0 radical (unpaired) electrons. The van der Waals surface area contributed by atoms with Gasteiger partial charge in [-0.25, -0.2) is 13.1 Å². The van der Waals surface area contributed by atoms with Crippen molar-refractivity contribution in [1.29, 1.82) is 0 Å². The van der Waals surface area contributed by atoms with E-state index >= 15 is 0 Å². The lowest BCUT2D eigenvalue weighted by atomic mass is 9.85. The smallest absolute Gasteiger partial charge is 0.250 e. The molecule has 2 aliphatic carbocycles. The van der Waals surface area contributed by atoms with Gasteiger partial charge in [-0.15, -0.1) is 11.3 Å². The van der Waals surface area contributed by atoms with Crippen LogP contribution in [0.1, 0.15) is 61.1 Å². The van der Waals surface area contributed by atoms with Gasteiger partial charge in [0, 0.05) is 22.9 Å². The van der Waals surface area contributed by atoms with E-state index in [1.165, 1.54) is 23.3 Å². The van der Waals surface area contributed by atoms with E-state index in [0.717, 1.165) is 37.7 Å². The lowest BCUT2D eigenvalue weighted by Crippen LogP contribution is -2.30. The zero-order valence-electron chi connectivity index (χ0n) is 15.3. The summed E-state index contributed by atoms with van der Waals surface area (Å²) in [5, 5.41) is 5.81. The molecule has 1 N–H and O–H groups in total. The molecule has 0 bridgehead atoms. The second kappa shape index (κ2) is 7.09. The first kappa shape index (κ1) is 18.0. The Morgan fingerprint density at radius 1 is 1.14 bits per heavy atom. The SMILES string of the molecule is O=S(=O)(NC1CCCc2ccccc21)c1cc(-c2noc(C3CCC3)n2)cs1. The molecule has 1 fully saturated rings. The van der Waals surface area contributed by atoms with Gasteiger partial charge in [0.2, 0.25) is 11.7 Å². The van der Waals surface area contributed by atoms with Gasteiger partial charge in [-0.3, -0.25) is 0 Å². The summed E-state index contributed by atoms with van der Waals surface area (Å²) in [7, 11) is -3.61. The van der Waals surface area contributed by atoms with Crippen molar-refractivity contribution in [1.82, 2.24) is 14.9 Å². The van der Waals surface area contributed by atoms with Crippen LogP contribution in [0.15, 0.2) is 44.4 Å². The fraction of sp³-hybridized carbons (Fsp3) is 0.400. The van der Waals surface area contributed by atoms with Crippen molar-refractivity contribution in [3.8, 4) is 11.4 Å². The molecule has 3 aromatic rings. The summed E-state index contributed by atoms with van der Waals surface area (Å²) in [5.41, 5.74) is 2.99. The number of hydrogen-bond acceptors (Lipinski definition) is 6. The monoisotopic (exact) mass is 415 g/mol. The van der Waals surface area contributed by atoms with Gasteiger partial charge in [-0.1, -0.05) is 35.8 Å². The third-order valence-electron chi connectivity index (χ3n) is 5.66. The predicted octanol–water partition coefficient (Wildman–Crippen LogP) is 4.42. The number of aromatic nitrogens is 2. The van der Waals surface area contributed by atoms with E-state index in [1.54, 1.807) is 11.4 Å². The van der Waals surface area contributed by atoms with Crippen LogP contribution in [0.3, 0.4) is 0 Å². The molecule has 0 saturated heterocycles. The molecule has 1 aromatic carbocycles. The number of nitrogens with one attached hydrogen (secondary N) is 1. The summed E-state index contributed by atoms with van der Waals surface area (Å²) in [6, 6.07) is 9.51. The van der Waals surface area contributed by atoms with Crippen LogP contribution in [0.2, 0.25) is 0 Å². The van der Waals surface area contributed by atoms with Crippen molar-refractivity contribution in [3.63, 3.8) is 0 Å². The number of thiophene rings is 1. The molecular weight excluding hydrogens is 394 g/mol. The number of nitrogens with zero attached hydrogens (tertiary/aromatic N) is 2. The number of fused-ring (bicyclic) bond motifs is 1. The third kappa shape index (κ3) is 3.29. The normalized spacial score (nSPS) is 19.9. The molecule has 2 aliphatic rings. The molecule has 8 heteroatoms. The van der Waals surface area contributed by atoms with Crippen molar-refractivity contribution in [2.45, 2.75) is 54.7 Å². The zero-order chi connectivity index (χ0) is 19.1. The molecule has 0 aliphatic heterocycles. The Morgan fingerprint density at radius 2 is 2.00 bits per heavy atom. The van der Waals surface area contributed by atoms with Gasteiger partial charge in [-0.05, 0) is 49.3 Å². The highest BCUT2D eigenvalue weighted by Gasteiger charge is 2.28. The van der Waals surface area contributed by atoms with E-state index in [1.807, 2.05) is 18.2 Å². The van der Waals surface area contributed by atoms with E-state index in [4.69, 9.17) is 4.52 Å². The van der Waals surface area contributed by atoms with Crippen LogP contribution in [0, 0.1) is 0 Å². The quantitative estimate of drug-likeness (QED) is 0.667. The molecule has 2 aromatic heterocycles. The van der Waals surface area contributed by atoms with Crippen LogP contribution in [-0.4, -0.2) is 18.6 Å². The molecule has 146 valence electrons. The average molecular weight is 416 g/mol. The predicted molar refractivity (Wildman–Crippen MR) is 107 cm³/mol. The van der Waals surface area contributed by atoms with Crippen LogP contribution in [0.5, 0.6) is 0 Å². The maximum absolute atomic E-state index is 13.0. The average Bonchev–Trinajstić information content (AvgIpc) is 3.30. The van der Waals surface area contributed by atoms with Gasteiger partial charge >= 0.3 is 0 Å². The van der Waals surface area contributed by atoms with Gasteiger partial charge in [0.15, 0.2) is 0 Å². The number of rotatable bonds is 5. The molecule has 5 rings (SSSR count). The summed E-state index contributed by atoms with van der Waals surface area (Å²) < 4.78 is 34.4. The maximum atomic E-state index is 13.0. The third-order valence-corrected chi connectivity index (χ3v) is 8.57. The van der Waals surface area contributed by atoms with Gasteiger partial charge in [-0.2, -0.15) is 4.98 Å². The van der Waals surface area contributed by atoms with Crippen LogP contribution in [0.25, 0.3) is 11.4 Å². The topological polar surface area (TPSA) is 85.1 Å². The highest BCUT2D eigenvalue weighted by molar-refractivity contribution is 7.91. The van der Waals surface area contributed by atoms with Crippen LogP contribution < -0.4 is 4.72 Å². The fourth-order valence-corrected chi connectivity index (χ4v) is 6.29. The Labute approximate surface area is 168 Å². The minimum absolute atomic E-state index is 0.184. The minimum Gasteiger partial charge on any atom is -0.339 e. The Hall–Kier alpha value is -2.03. The van der Waals surface area contributed by atoms with Crippen LogP contribution in [-0.2, 0) is 16.4 Å². The number of benzene rings is 1. The molecule has 0 spiro atoms. The number of sulfonamides is 1. The van der Waals surface area contributed by atoms with Gasteiger partial charge in [0.25, 0.3) is 10.0 Å². The zero-order valence-corrected chi connectivity index (χ0v) is 16.9. The summed E-state index contributed by atoms with van der Waals surface area (Å²) >= 11 is 1.19. The number of aryl methyl sites for hydroxylation is 1. The Morgan fingerprint density at radius 3 is 2.82 bits per heavy atom. The van der Waals surface area contributed by atoms with E-state index in [0.29, 0.717) is 23.2 Å². The van der Waals surface area contributed by atoms with Gasteiger partial charge < -0.3 is 4.52 Å². The van der Waals surface area contributed by atoms with Crippen molar-refractivity contribution < 1.29 is 12.9 Å². The highest BCUT2D eigenvalue weighted by atomic mass is 32.2. The van der Waals surface area contributed by atoms with E-state index in [9.17, 15) is 8.42 Å². The molecular formula is C20H21N3O3S2. The molecule has 6 nitrogen and oxygen atoms in total. The Kier molecular flexibility index (Phi) is 4.57. The largest absolute Gasteiger partial charge is 0.339 e. The number of hydrogen-bond donors (Lipinski definition) is 1. The molecule has 28 heavy (non-hydrogen) atoms. The standard InChI is InChI=1S/C20H21N3O3S2/c24-28(25,23-17-10-4-6-13-5-1-2-9-16(13)17)18-11-15(12-27-18)19-21-20(26-22-19)14-7-3-8-14/h1-2,5,9,11-12,14,17,23H,3-4,6-8,10H2. The van der Waals surface area contributed by atoms with Gasteiger partial charge in [0.05, 0.1) is 0 Å². The summed E-state index contributed by atoms with van der Waals surface area (Å²) in [5.74, 6) is 1.48. The van der Waals surface area contributed by atoms with Crippen molar-refractivity contribution in [3.05, 3.63) is 52.7 Å². The Bertz CT molecular complexity index is 1100. The van der Waals surface area contributed by atoms with Crippen LogP contribution in [0.4, 0.5) is 0 Å². The minimum atomic E-state index is -3.61. The first-order chi connectivity index (χ1) is 13.6. The summed E-state index contributed by atoms with van der Waals surface area (Å²) in [6.07, 6.45) is 6.14. The molecule has 1 unspecified atom stereocenters. The van der Waals surface area contributed by atoms with Crippen LogP contribution >= 0.6 is 11.3 Å². The van der Waals surface area contributed by atoms with E-state index in [2.05, 4.69) is 20.9 Å². The van der Waals surface area contributed by atoms with E-state index < -0.39 is 10.0 Å². The maximum Gasteiger partial charge on any atom is 0.250 e. The lowest BCUT2D eigenvalue weighted by molar-refractivity contribution is 0.292. The molecule has 1 saturated carbocycles. The van der Waals surface area contributed by atoms with Crippen molar-refractivity contribution >= 4 is 21.4 Å². The fourth-order valence-electron chi connectivity index (χ4n) is 3.87. The molecule has 0 amide bonds. The summed E-state index contributed by atoms with van der Waals surface area (Å²) in [4.78, 5) is 4.46. The molecule has 2 heterocycles.